The lowest BCUT2D eigenvalue weighted by Crippen LogP contribution is -2.19. The number of aromatic amines is 1. The van der Waals surface area contributed by atoms with Gasteiger partial charge in [-0.1, -0.05) is 34.8 Å². The number of rotatable bonds is 4. The van der Waals surface area contributed by atoms with Gasteiger partial charge in [0.1, 0.15) is 10.8 Å². The molecule has 0 aliphatic carbocycles. The zero-order valence-electron chi connectivity index (χ0n) is 10.4. The molecule has 1 heterocycles. The van der Waals surface area contributed by atoms with Gasteiger partial charge in [0, 0.05) is 10.0 Å². The highest BCUT2D eigenvalue weighted by molar-refractivity contribution is 7.89. The SMILES string of the molecule is O=c1[nH]c(Cl)cnc1CS(=O)(=O)Cc1cc(Cl)cc(Cl)c1. The summed E-state index contributed by atoms with van der Waals surface area (Å²) >= 11 is 17.2. The molecule has 0 saturated carbocycles. The second kappa shape index (κ2) is 6.36. The van der Waals surface area contributed by atoms with Crippen LogP contribution in [0.25, 0.3) is 0 Å². The molecule has 9 heteroatoms. The number of nitrogens with one attached hydrogen (secondary N) is 1. The second-order valence-electron chi connectivity index (χ2n) is 4.32. The third kappa shape index (κ3) is 4.71. The highest BCUT2D eigenvalue weighted by Crippen LogP contribution is 2.21. The minimum absolute atomic E-state index is 0.0442. The van der Waals surface area contributed by atoms with Crippen molar-refractivity contribution in [3.63, 3.8) is 0 Å². The van der Waals surface area contributed by atoms with E-state index in [0.717, 1.165) is 0 Å². The van der Waals surface area contributed by atoms with Crippen LogP contribution in [0.15, 0.2) is 29.2 Å². The highest BCUT2D eigenvalue weighted by Gasteiger charge is 2.17. The van der Waals surface area contributed by atoms with Crippen molar-refractivity contribution in [2.24, 2.45) is 0 Å². The average Bonchev–Trinajstić information content (AvgIpc) is 2.30. The molecule has 1 aromatic carbocycles. The van der Waals surface area contributed by atoms with Gasteiger partial charge in [0.15, 0.2) is 9.84 Å². The lowest BCUT2D eigenvalue weighted by molar-refractivity contribution is 0.593. The molecule has 0 unspecified atom stereocenters. The van der Waals surface area contributed by atoms with Crippen LogP contribution in [0.4, 0.5) is 0 Å². The first-order valence-electron chi connectivity index (χ1n) is 5.64. The van der Waals surface area contributed by atoms with Crippen LogP contribution in [0.3, 0.4) is 0 Å². The predicted molar refractivity (Wildman–Crippen MR) is 82.7 cm³/mol. The quantitative estimate of drug-likeness (QED) is 0.901. The van der Waals surface area contributed by atoms with Crippen LogP contribution in [-0.2, 0) is 21.3 Å². The topological polar surface area (TPSA) is 79.9 Å². The van der Waals surface area contributed by atoms with Crippen LogP contribution >= 0.6 is 34.8 Å². The molecule has 0 aliphatic rings. The predicted octanol–water partition coefficient (Wildman–Crippen LogP) is 2.85. The molecule has 1 aromatic heterocycles. The van der Waals surface area contributed by atoms with Crippen LogP contribution in [0.2, 0.25) is 15.2 Å². The van der Waals surface area contributed by atoms with Gasteiger partial charge in [-0.25, -0.2) is 8.42 Å². The lowest BCUT2D eigenvalue weighted by Gasteiger charge is -2.05. The van der Waals surface area contributed by atoms with Crippen molar-refractivity contribution >= 4 is 44.6 Å². The standard InChI is InChI=1S/C12H9Cl3N2O3S/c13-8-1-7(2-9(14)3-8)5-21(19,20)6-10-12(18)17-11(15)4-16-10/h1-4H,5-6H2,(H,17,18). The van der Waals surface area contributed by atoms with Gasteiger partial charge in [-0.15, -0.1) is 0 Å². The fourth-order valence-corrected chi connectivity index (χ4v) is 3.82. The summed E-state index contributed by atoms with van der Waals surface area (Å²) in [6.07, 6.45) is 1.18. The van der Waals surface area contributed by atoms with Crippen LogP contribution in [0.5, 0.6) is 0 Å². The van der Waals surface area contributed by atoms with E-state index in [9.17, 15) is 13.2 Å². The first kappa shape index (κ1) is 16.3. The van der Waals surface area contributed by atoms with Gasteiger partial charge in [-0.3, -0.25) is 9.78 Å². The minimum Gasteiger partial charge on any atom is -0.310 e. The van der Waals surface area contributed by atoms with Gasteiger partial charge < -0.3 is 4.98 Å². The third-order valence-electron chi connectivity index (χ3n) is 2.49. The fraction of sp³-hybridized carbons (Fsp3) is 0.167. The molecule has 0 fully saturated rings. The Morgan fingerprint density at radius 1 is 1.05 bits per heavy atom. The first-order chi connectivity index (χ1) is 9.75. The van der Waals surface area contributed by atoms with Crippen LogP contribution in [-0.4, -0.2) is 18.4 Å². The van der Waals surface area contributed by atoms with Crippen molar-refractivity contribution in [3.8, 4) is 0 Å². The number of halogens is 3. The summed E-state index contributed by atoms with van der Waals surface area (Å²) in [6, 6.07) is 4.51. The normalized spacial score (nSPS) is 11.6. The molecule has 0 atom stereocenters. The third-order valence-corrected chi connectivity index (χ3v) is 4.61. The van der Waals surface area contributed by atoms with Crippen molar-refractivity contribution in [2.45, 2.75) is 11.5 Å². The molecular formula is C12H9Cl3N2O3S. The maximum atomic E-state index is 12.1. The van der Waals surface area contributed by atoms with Gasteiger partial charge in [-0.05, 0) is 23.8 Å². The molecule has 0 aliphatic heterocycles. The maximum Gasteiger partial charge on any atom is 0.271 e. The van der Waals surface area contributed by atoms with Crippen LogP contribution < -0.4 is 5.56 Å². The van der Waals surface area contributed by atoms with Crippen molar-refractivity contribution in [3.05, 3.63) is 61.2 Å². The molecule has 5 nitrogen and oxygen atoms in total. The summed E-state index contributed by atoms with van der Waals surface area (Å²) in [4.78, 5) is 17.6. The number of benzene rings is 1. The number of hydrogen-bond acceptors (Lipinski definition) is 4. The number of hydrogen-bond donors (Lipinski definition) is 1. The van der Waals surface area contributed by atoms with E-state index in [2.05, 4.69) is 9.97 Å². The molecule has 112 valence electrons. The van der Waals surface area contributed by atoms with E-state index in [1.165, 1.54) is 24.4 Å². The van der Waals surface area contributed by atoms with E-state index in [1.54, 1.807) is 0 Å². The van der Waals surface area contributed by atoms with E-state index >= 15 is 0 Å². The van der Waals surface area contributed by atoms with E-state index < -0.39 is 21.1 Å². The Balaban J connectivity index is 2.24. The van der Waals surface area contributed by atoms with Gasteiger partial charge in [0.05, 0.1) is 17.7 Å². The number of sulfone groups is 1. The second-order valence-corrected chi connectivity index (χ2v) is 7.66. The molecule has 21 heavy (non-hydrogen) atoms. The smallest absolute Gasteiger partial charge is 0.271 e. The van der Waals surface area contributed by atoms with E-state index in [0.29, 0.717) is 15.6 Å². The van der Waals surface area contributed by atoms with E-state index in [4.69, 9.17) is 34.8 Å². The molecule has 0 spiro atoms. The lowest BCUT2D eigenvalue weighted by atomic mass is 10.2. The molecule has 2 rings (SSSR count). The summed E-state index contributed by atoms with van der Waals surface area (Å²) in [5, 5.41) is 0.730. The minimum atomic E-state index is -3.60. The Bertz CT molecular complexity index is 814. The van der Waals surface area contributed by atoms with Gasteiger partial charge in [-0.2, -0.15) is 0 Å². The number of aromatic nitrogens is 2. The Morgan fingerprint density at radius 3 is 2.24 bits per heavy atom. The van der Waals surface area contributed by atoms with Gasteiger partial charge in [0.2, 0.25) is 0 Å². The molecule has 2 aromatic rings. The zero-order chi connectivity index (χ0) is 15.6. The van der Waals surface area contributed by atoms with Crippen molar-refractivity contribution in [1.29, 1.82) is 0 Å². The van der Waals surface area contributed by atoms with Crippen LogP contribution in [0.1, 0.15) is 11.3 Å². The maximum absolute atomic E-state index is 12.1. The molecule has 0 bridgehead atoms. The average molecular weight is 368 g/mol. The fourth-order valence-electron chi connectivity index (χ4n) is 1.72. The van der Waals surface area contributed by atoms with E-state index in [-0.39, 0.29) is 16.6 Å². The Labute approximate surface area is 135 Å². The molecular weight excluding hydrogens is 359 g/mol. The summed E-state index contributed by atoms with van der Waals surface area (Å²) in [6.45, 7) is 0. The first-order valence-corrected chi connectivity index (χ1v) is 8.60. The van der Waals surface area contributed by atoms with Crippen LogP contribution in [0, 0.1) is 0 Å². The molecule has 0 radical (unpaired) electrons. The summed E-state index contributed by atoms with van der Waals surface area (Å²) in [5.74, 6) is -0.791. The Morgan fingerprint density at radius 2 is 1.67 bits per heavy atom. The van der Waals surface area contributed by atoms with Gasteiger partial charge in [0.25, 0.3) is 5.56 Å². The zero-order valence-corrected chi connectivity index (χ0v) is 13.5. The Kier molecular flexibility index (Phi) is 4.93. The molecule has 0 amide bonds. The molecule has 0 saturated heterocycles. The summed E-state index contributed by atoms with van der Waals surface area (Å²) in [5.41, 5.74) is -0.305. The highest BCUT2D eigenvalue weighted by atomic mass is 35.5. The summed E-state index contributed by atoms with van der Waals surface area (Å²) in [7, 11) is -3.60. The Hall–Kier alpha value is -1.08. The van der Waals surface area contributed by atoms with Crippen molar-refractivity contribution in [1.82, 2.24) is 9.97 Å². The summed E-state index contributed by atoms with van der Waals surface area (Å²) < 4.78 is 24.2. The largest absolute Gasteiger partial charge is 0.310 e. The van der Waals surface area contributed by atoms with Gasteiger partial charge >= 0.3 is 0 Å². The molecule has 1 N–H and O–H groups in total. The van der Waals surface area contributed by atoms with Crippen molar-refractivity contribution in [2.75, 3.05) is 0 Å². The van der Waals surface area contributed by atoms with Crippen molar-refractivity contribution < 1.29 is 8.42 Å². The van der Waals surface area contributed by atoms with E-state index in [1.807, 2.05) is 0 Å². The number of nitrogens with zero attached hydrogens (tertiary/aromatic N) is 1. The number of H-pyrrole nitrogens is 1. The monoisotopic (exact) mass is 366 g/mol.